The fourth-order valence-electron chi connectivity index (χ4n) is 3.10. The molecule has 0 spiro atoms. The normalized spacial score (nSPS) is 18.3. The predicted molar refractivity (Wildman–Crippen MR) is 96.2 cm³/mol. The number of anilines is 1. The van der Waals surface area contributed by atoms with Gasteiger partial charge in [-0.05, 0) is 43.1 Å². The maximum absolute atomic E-state index is 12.5. The van der Waals surface area contributed by atoms with Crippen LogP contribution in [0.3, 0.4) is 0 Å². The highest BCUT2D eigenvalue weighted by Gasteiger charge is 2.26. The van der Waals surface area contributed by atoms with Gasteiger partial charge in [0.25, 0.3) is 0 Å². The number of aromatic hydroxyl groups is 1. The van der Waals surface area contributed by atoms with Gasteiger partial charge >= 0.3 is 0 Å². The molecule has 1 aliphatic heterocycles. The molecular weight excluding hydrogens is 324 g/mol. The molecule has 24 heavy (non-hydrogen) atoms. The molecule has 5 heteroatoms. The molecule has 2 aromatic carbocycles. The van der Waals surface area contributed by atoms with Gasteiger partial charge in [0.1, 0.15) is 5.75 Å². The molecule has 0 aliphatic carbocycles. The Hall–Kier alpha value is -2.04. The molecule has 0 saturated carbocycles. The van der Waals surface area contributed by atoms with E-state index in [2.05, 4.69) is 22.3 Å². The number of hydrogen-bond acceptors (Lipinski definition) is 3. The Morgan fingerprint density at radius 2 is 2.04 bits per heavy atom. The highest BCUT2D eigenvalue weighted by atomic mass is 35.5. The van der Waals surface area contributed by atoms with Gasteiger partial charge in [-0.1, -0.05) is 41.9 Å². The number of amides is 1. The van der Waals surface area contributed by atoms with Gasteiger partial charge in [-0.2, -0.15) is 0 Å². The molecule has 2 aromatic rings. The van der Waals surface area contributed by atoms with E-state index in [9.17, 15) is 9.90 Å². The zero-order valence-electron chi connectivity index (χ0n) is 13.4. The van der Waals surface area contributed by atoms with Crippen molar-refractivity contribution in [3.63, 3.8) is 0 Å². The fourth-order valence-corrected chi connectivity index (χ4v) is 3.27. The van der Waals surface area contributed by atoms with Gasteiger partial charge in [-0.25, -0.2) is 0 Å². The topological polar surface area (TPSA) is 52.6 Å². The lowest BCUT2D eigenvalue weighted by molar-refractivity contribution is -0.121. The molecule has 2 N–H and O–H groups in total. The lowest BCUT2D eigenvalue weighted by Gasteiger charge is -2.32. The standard InChI is InChI=1S/C19H21ClN2O2/c20-16-8-9-18(23)17(11-16)21-19(24)15-7-4-10-22(13-15)12-14-5-2-1-3-6-14/h1-3,5-6,8-9,11,15,23H,4,7,10,12-13H2,(H,21,24). The van der Waals surface area contributed by atoms with Gasteiger partial charge < -0.3 is 10.4 Å². The van der Waals surface area contributed by atoms with Gasteiger partial charge in [0.2, 0.25) is 5.91 Å². The fraction of sp³-hybridized carbons (Fsp3) is 0.316. The van der Waals surface area contributed by atoms with E-state index >= 15 is 0 Å². The maximum Gasteiger partial charge on any atom is 0.228 e. The molecule has 1 unspecified atom stereocenters. The number of halogens is 1. The van der Waals surface area contributed by atoms with Crippen LogP contribution in [-0.4, -0.2) is 29.0 Å². The Kier molecular flexibility index (Phi) is 5.38. The lowest BCUT2D eigenvalue weighted by atomic mass is 9.96. The summed E-state index contributed by atoms with van der Waals surface area (Å²) in [7, 11) is 0. The van der Waals surface area contributed by atoms with E-state index in [1.807, 2.05) is 18.2 Å². The number of phenolic OH excluding ortho intramolecular Hbond substituents is 1. The number of piperidine rings is 1. The van der Waals surface area contributed by atoms with E-state index < -0.39 is 0 Å². The minimum atomic E-state index is -0.0826. The Bertz CT molecular complexity index is 706. The maximum atomic E-state index is 12.5. The summed E-state index contributed by atoms with van der Waals surface area (Å²) in [5, 5.41) is 13.1. The van der Waals surface area contributed by atoms with Crippen molar-refractivity contribution in [1.29, 1.82) is 0 Å². The van der Waals surface area contributed by atoms with Gasteiger partial charge in [0.05, 0.1) is 11.6 Å². The third-order valence-electron chi connectivity index (χ3n) is 4.34. The number of nitrogens with one attached hydrogen (secondary N) is 1. The molecule has 1 saturated heterocycles. The average Bonchev–Trinajstić information content (AvgIpc) is 2.59. The van der Waals surface area contributed by atoms with Crippen LogP contribution in [0.15, 0.2) is 48.5 Å². The Morgan fingerprint density at radius 1 is 1.25 bits per heavy atom. The first kappa shape index (κ1) is 16.8. The van der Waals surface area contributed by atoms with Gasteiger partial charge in [-0.3, -0.25) is 9.69 Å². The zero-order valence-corrected chi connectivity index (χ0v) is 14.2. The number of carbonyl (C=O) groups is 1. The average molecular weight is 345 g/mol. The molecule has 1 atom stereocenters. The minimum Gasteiger partial charge on any atom is -0.506 e. The van der Waals surface area contributed by atoms with Crippen molar-refractivity contribution >= 4 is 23.2 Å². The molecule has 0 aromatic heterocycles. The summed E-state index contributed by atoms with van der Waals surface area (Å²) in [6, 6.07) is 14.9. The van der Waals surface area contributed by atoms with Crippen molar-refractivity contribution in [1.82, 2.24) is 4.90 Å². The Morgan fingerprint density at radius 3 is 2.83 bits per heavy atom. The number of nitrogens with zero attached hydrogens (tertiary/aromatic N) is 1. The van der Waals surface area contributed by atoms with Crippen molar-refractivity contribution in [2.24, 2.45) is 5.92 Å². The first-order valence-corrected chi connectivity index (χ1v) is 8.55. The van der Waals surface area contributed by atoms with Gasteiger partial charge in [0, 0.05) is 18.1 Å². The molecule has 1 heterocycles. The van der Waals surface area contributed by atoms with E-state index in [1.54, 1.807) is 12.1 Å². The molecule has 0 bridgehead atoms. The quantitative estimate of drug-likeness (QED) is 0.827. The number of benzene rings is 2. The number of hydrogen-bond donors (Lipinski definition) is 2. The smallest absolute Gasteiger partial charge is 0.228 e. The highest BCUT2D eigenvalue weighted by Crippen LogP contribution is 2.28. The van der Waals surface area contributed by atoms with Crippen LogP contribution in [-0.2, 0) is 11.3 Å². The molecule has 0 radical (unpaired) electrons. The molecule has 3 rings (SSSR count). The van der Waals surface area contributed by atoms with Crippen LogP contribution in [0.5, 0.6) is 5.75 Å². The molecular formula is C19H21ClN2O2. The van der Waals surface area contributed by atoms with Crippen LogP contribution in [0.4, 0.5) is 5.69 Å². The number of rotatable bonds is 4. The van der Waals surface area contributed by atoms with Crippen LogP contribution in [0.2, 0.25) is 5.02 Å². The number of carbonyl (C=O) groups excluding carboxylic acids is 1. The molecule has 1 aliphatic rings. The molecule has 1 fully saturated rings. The van der Waals surface area contributed by atoms with E-state index in [1.165, 1.54) is 11.6 Å². The van der Waals surface area contributed by atoms with E-state index in [4.69, 9.17) is 11.6 Å². The second kappa shape index (κ2) is 7.69. The van der Waals surface area contributed by atoms with Crippen LogP contribution in [0, 0.1) is 5.92 Å². The molecule has 1 amide bonds. The first-order chi connectivity index (χ1) is 11.6. The summed E-state index contributed by atoms with van der Waals surface area (Å²) in [6.07, 6.45) is 1.85. The molecule has 126 valence electrons. The minimum absolute atomic E-state index is 0.0321. The van der Waals surface area contributed by atoms with Crippen LogP contribution < -0.4 is 5.32 Å². The number of phenols is 1. The first-order valence-electron chi connectivity index (χ1n) is 8.17. The van der Waals surface area contributed by atoms with Crippen molar-refractivity contribution in [2.75, 3.05) is 18.4 Å². The summed E-state index contributed by atoms with van der Waals surface area (Å²) in [5.41, 5.74) is 1.62. The SMILES string of the molecule is O=C(Nc1cc(Cl)ccc1O)C1CCCN(Cc2ccccc2)C1. The summed E-state index contributed by atoms with van der Waals surface area (Å²) in [5.74, 6) is -0.115. The summed E-state index contributed by atoms with van der Waals surface area (Å²) >= 11 is 5.93. The summed E-state index contributed by atoms with van der Waals surface area (Å²) in [6.45, 7) is 2.58. The third-order valence-corrected chi connectivity index (χ3v) is 4.58. The van der Waals surface area contributed by atoms with Crippen molar-refractivity contribution in [3.8, 4) is 5.75 Å². The van der Waals surface area contributed by atoms with Crippen LogP contribution in [0.25, 0.3) is 0 Å². The van der Waals surface area contributed by atoms with E-state index in [0.717, 1.165) is 32.5 Å². The van der Waals surface area contributed by atoms with Crippen molar-refractivity contribution < 1.29 is 9.90 Å². The van der Waals surface area contributed by atoms with Crippen LogP contribution >= 0.6 is 11.6 Å². The predicted octanol–water partition coefficient (Wildman–Crippen LogP) is 3.90. The zero-order chi connectivity index (χ0) is 16.9. The second-order valence-electron chi connectivity index (χ2n) is 6.21. The van der Waals surface area contributed by atoms with Crippen LogP contribution in [0.1, 0.15) is 18.4 Å². The van der Waals surface area contributed by atoms with Crippen molar-refractivity contribution in [3.05, 3.63) is 59.1 Å². The second-order valence-corrected chi connectivity index (χ2v) is 6.65. The third kappa shape index (κ3) is 4.28. The van der Waals surface area contributed by atoms with Gasteiger partial charge in [0.15, 0.2) is 0 Å². The Balaban J connectivity index is 1.61. The van der Waals surface area contributed by atoms with Crippen molar-refractivity contribution in [2.45, 2.75) is 19.4 Å². The van der Waals surface area contributed by atoms with Gasteiger partial charge in [-0.15, -0.1) is 0 Å². The summed E-state index contributed by atoms with van der Waals surface area (Å²) in [4.78, 5) is 14.8. The lowest BCUT2D eigenvalue weighted by Crippen LogP contribution is -2.40. The van der Waals surface area contributed by atoms with E-state index in [-0.39, 0.29) is 17.6 Å². The number of likely N-dealkylation sites (tertiary alicyclic amines) is 1. The monoisotopic (exact) mass is 344 g/mol. The molecule has 4 nitrogen and oxygen atoms in total. The highest BCUT2D eigenvalue weighted by molar-refractivity contribution is 6.31. The largest absolute Gasteiger partial charge is 0.506 e. The van der Waals surface area contributed by atoms with E-state index in [0.29, 0.717) is 10.7 Å². The summed E-state index contributed by atoms with van der Waals surface area (Å²) < 4.78 is 0. The Labute approximate surface area is 147 Å².